The Morgan fingerprint density at radius 1 is 1.00 bits per heavy atom. The van der Waals surface area contributed by atoms with E-state index in [1.807, 2.05) is 6.07 Å². The second kappa shape index (κ2) is 6.95. The van der Waals surface area contributed by atoms with Crippen molar-refractivity contribution in [2.75, 3.05) is 33.3 Å². The monoisotopic (exact) mass is 296 g/mol. The lowest BCUT2D eigenvalue weighted by molar-refractivity contribution is 0.195. The summed E-state index contributed by atoms with van der Waals surface area (Å²) in [5.41, 5.74) is 3.87. The van der Waals surface area contributed by atoms with Gasteiger partial charge in [0.2, 0.25) is 0 Å². The van der Waals surface area contributed by atoms with Crippen molar-refractivity contribution in [1.82, 2.24) is 10.2 Å². The van der Waals surface area contributed by atoms with Crippen molar-refractivity contribution in [3.05, 3.63) is 65.2 Å². The second-order valence-electron chi connectivity index (χ2n) is 5.84. The minimum atomic E-state index is 0.249. The van der Waals surface area contributed by atoms with E-state index in [1.165, 1.54) is 16.7 Å². The predicted molar refractivity (Wildman–Crippen MR) is 90.5 cm³/mol. The highest BCUT2D eigenvalue weighted by molar-refractivity contribution is 5.42. The van der Waals surface area contributed by atoms with Crippen LogP contribution in [0.25, 0.3) is 0 Å². The first kappa shape index (κ1) is 15.1. The number of hydrogen-bond acceptors (Lipinski definition) is 3. The average Bonchev–Trinajstić information content (AvgIpc) is 2.58. The lowest BCUT2D eigenvalue weighted by Crippen LogP contribution is -2.45. The average molecular weight is 296 g/mol. The number of nitrogens with one attached hydrogen (secondary N) is 1. The van der Waals surface area contributed by atoms with Gasteiger partial charge in [-0.05, 0) is 18.6 Å². The van der Waals surface area contributed by atoms with E-state index < -0.39 is 0 Å². The number of piperazine rings is 1. The topological polar surface area (TPSA) is 24.5 Å². The molecule has 2 aromatic carbocycles. The zero-order valence-corrected chi connectivity index (χ0v) is 13.4. The van der Waals surface area contributed by atoms with Crippen molar-refractivity contribution >= 4 is 0 Å². The first-order valence-electron chi connectivity index (χ1n) is 7.94. The molecule has 3 heteroatoms. The third-order valence-corrected chi connectivity index (χ3v) is 4.34. The van der Waals surface area contributed by atoms with Crippen molar-refractivity contribution in [2.24, 2.45) is 0 Å². The minimum Gasteiger partial charge on any atom is -0.496 e. The Labute approximate surface area is 132 Å². The molecule has 1 N–H and O–H groups in total. The number of para-hydroxylation sites is 1. The molecule has 0 amide bonds. The maximum Gasteiger partial charge on any atom is 0.123 e. The third-order valence-electron chi connectivity index (χ3n) is 4.34. The number of rotatable bonds is 4. The molecule has 0 aromatic heterocycles. The fraction of sp³-hybridized carbons (Fsp3) is 0.368. The van der Waals surface area contributed by atoms with Crippen LogP contribution in [-0.4, -0.2) is 38.2 Å². The highest BCUT2D eigenvalue weighted by Gasteiger charge is 2.26. The normalized spacial score (nSPS) is 17.2. The van der Waals surface area contributed by atoms with Gasteiger partial charge >= 0.3 is 0 Å². The number of benzene rings is 2. The van der Waals surface area contributed by atoms with Gasteiger partial charge in [0.05, 0.1) is 13.2 Å². The van der Waals surface area contributed by atoms with Crippen molar-refractivity contribution in [3.63, 3.8) is 0 Å². The maximum atomic E-state index is 5.62. The van der Waals surface area contributed by atoms with Crippen LogP contribution in [0.4, 0.5) is 0 Å². The summed E-state index contributed by atoms with van der Waals surface area (Å²) in [7, 11) is 1.75. The fourth-order valence-electron chi connectivity index (χ4n) is 3.17. The fourth-order valence-corrected chi connectivity index (χ4v) is 3.17. The molecule has 1 atom stereocenters. The Kier molecular flexibility index (Phi) is 4.76. The van der Waals surface area contributed by atoms with Gasteiger partial charge in [-0.2, -0.15) is 0 Å². The van der Waals surface area contributed by atoms with E-state index >= 15 is 0 Å². The molecule has 0 radical (unpaired) electrons. The molecule has 0 bridgehead atoms. The Morgan fingerprint density at radius 2 is 1.68 bits per heavy atom. The van der Waals surface area contributed by atoms with Crippen LogP contribution in [0.5, 0.6) is 5.75 Å². The van der Waals surface area contributed by atoms with E-state index in [1.54, 1.807) is 7.11 Å². The summed E-state index contributed by atoms with van der Waals surface area (Å²) in [6, 6.07) is 17.5. The second-order valence-corrected chi connectivity index (χ2v) is 5.84. The van der Waals surface area contributed by atoms with Crippen molar-refractivity contribution in [2.45, 2.75) is 13.0 Å². The number of hydrogen-bond donors (Lipinski definition) is 1. The van der Waals surface area contributed by atoms with Gasteiger partial charge in [-0.1, -0.05) is 48.0 Å². The van der Waals surface area contributed by atoms with Crippen molar-refractivity contribution in [3.8, 4) is 5.75 Å². The van der Waals surface area contributed by atoms with Gasteiger partial charge in [-0.3, -0.25) is 4.90 Å². The van der Waals surface area contributed by atoms with Crippen LogP contribution in [0.1, 0.15) is 22.7 Å². The predicted octanol–water partition coefficient (Wildman–Crippen LogP) is 3.00. The quantitative estimate of drug-likeness (QED) is 0.938. The van der Waals surface area contributed by atoms with Gasteiger partial charge in [0, 0.05) is 31.7 Å². The molecule has 0 spiro atoms. The van der Waals surface area contributed by atoms with Gasteiger partial charge in [0.25, 0.3) is 0 Å². The number of ether oxygens (including phenoxy) is 1. The zero-order chi connectivity index (χ0) is 15.4. The first-order chi connectivity index (χ1) is 10.8. The van der Waals surface area contributed by atoms with Gasteiger partial charge < -0.3 is 10.1 Å². The van der Waals surface area contributed by atoms with Crippen LogP contribution in [0, 0.1) is 6.92 Å². The molecule has 1 heterocycles. The molecule has 1 saturated heterocycles. The Bertz CT molecular complexity index is 603. The van der Waals surface area contributed by atoms with E-state index in [0.717, 1.165) is 31.9 Å². The molecule has 0 saturated carbocycles. The van der Waals surface area contributed by atoms with Gasteiger partial charge in [0.1, 0.15) is 5.75 Å². The van der Waals surface area contributed by atoms with E-state index in [2.05, 4.69) is 59.6 Å². The summed E-state index contributed by atoms with van der Waals surface area (Å²) < 4.78 is 5.62. The van der Waals surface area contributed by atoms with E-state index in [0.29, 0.717) is 0 Å². The molecule has 22 heavy (non-hydrogen) atoms. The molecule has 116 valence electrons. The van der Waals surface area contributed by atoms with Gasteiger partial charge in [-0.15, -0.1) is 0 Å². The summed E-state index contributed by atoms with van der Waals surface area (Å²) in [5.74, 6) is 0.964. The van der Waals surface area contributed by atoms with E-state index in [4.69, 9.17) is 4.74 Å². The van der Waals surface area contributed by atoms with Crippen LogP contribution in [0.2, 0.25) is 0 Å². The number of methoxy groups -OCH3 is 1. The van der Waals surface area contributed by atoms with E-state index in [9.17, 15) is 0 Å². The first-order valence-corrected chi connectivity index (χ1v) is 7.94. The maximum absolute atomic E-state index is 5.62. The van der Waals surface area contributed by atoms with Crippen LogP contribution < -0.4 is 10.1 Å². The van der Waals surface area contributed by atoms with Crippen LogP contribution in [-0.2, 0) is 0 Å². The minimum absolute atomic E-state index is 0.249. The Balaban J connectivity index is 2.03. The molecule has 1 aliphatic rings. The Hall–Kier alpha value is -1.84. The van der Waals surface area contributed by atoms with Crippen molar-refractivity contribution in [1.29, 1.82) is 0 Å². The molecule has 2 aromatic rings. The van der Waals surface area contributed by atoms with Gasteiger partial charge in [-0.25, -0.2) is 0 Å². The molecule has 1 fully saturated rings. The zero-order valence-electron chi connectivity index (χ0n) is 13.4. The lowest BCUT2D eigenvalue weighted by Gasteiger charge is -2.36. The number of nitrogens with zero attached hydrogens (tertiary/aromatic N) is 1. The Morgan fingerprint density at radius 3 is 2.36 bits per heavy atom. The number of aryl methyl sites for hydroxylation is 1. The molecular weight excluding hydrogens is 272 g/mol. The molecule has 1 aliphatic heterocycles. The molecule has 1 unspecified atom stereocenters. The largest absolute Gasteiger partial charge is 0.496 e. The summed E-state index contributed by atoms with van der Waals surface area (Å²) in [4.78, 5) is 2.54. The molecule has 3 rings (SSSR count). The SMILES string of the molecule is COc1ccccc1C(c1ccc(C)cc1)N1CCNCC1. The van der Waals surface area contributed by atoms with Crippen molar-refractivity contribution < 1.29 is 4.74 Å². The van der Waals surface area contributed by atoms with Crippen LogP contribution in [0.15, 0.2) is 48.5 Å². The highest BCUT2D eigenvalue weighted by Crippen LogP contribution is 2.34. The van der Waals surface area contributed by atoms with Gasteiger partial charge in [0.15, 0.2) is 0 Å². The summed E-state index contributed by atoms with van der Waals surface area (Å²) >= 11 is 0. The van der Waals surface area contributed by atoms with Crippen LogP contribution in [0.3, 0.4) is 0 Å². The summed E-state index contributed by atoms with van der Waals surface area (Å²) in [6.45, 7) is 6.31. The van der Waals surface area contributed by atoms with Crippen LogP contribution >= 0.6 is 0 Å². The molecule has 3 nitrogen and oxygen atoms in total. The highest BCUT2D eigenvalue weighted by atomic mass is 16.5. The summed E-state index contributed by atoms with van der Waals surface area (Å²) in [5, 5.41) is 3.44. The van der Waals surface area contributed by atoms with E-state index in [-0.39, 0.29) is 6.04 Å². The third kappa shape index (κ3) is 3.16. The lowest BCUT2D eigenvalue weighted by atomic mass is 9.95. The molecule has 0 aliphatic carbocycles. The molecular formula is C19H24N2O. The standard InChI is InChI=1S/C19H24N2O/c1-15-7-9-16(10-8-15)19(21-13-11-20-12-14-21)17-5-3-4-6-18(17)22-2/h3-10,19-20H,11-14H2,1-2H3. The summed E-state index contributed by atoms with van der Waals surface area (Å²) in [6.07, 6.45) is 0. The smallest absolute Gasteiger partial charge is 0.123 e.